The normalized spacial score (nSPS) is 15.9. The van der Waals surface area contributed by atoms with Gasteiger partial charge in [-0.2, -0.15) is 0 Å². The van der Waals surface area contributed by atoms with Crippen molar-refractivity contribution in [2.45, 2.75) is 46.0 Å². The molecule has 0 atom stereocenters. The van der Waals surface area contributed by atoms with Crippen LogP contribution in [0.2, 0.25) is 0 Å². The highest BCUT2D eigenvalue weighted by Crippen LogP contribution is 2.24. The van der Waals surface area contributed by atoms with Crippen LogP contribution >= 0.6 is 0 Å². The third-order valence-electron chi connectivity index (χ3n) is 4.11. The fraction of sp³-hybridized carbons (Fsp3) is 0.529. The van der Waals surface area contributed by atoms with E-state index in [9.17, 15) is 9.59 Å². The van der Waals surface area contributed by atoms with E-state index in [0.29, 0.717) is 5.56 Å². The first-order valence-electron chi connectivity index (χ1n) is 7.35. The lowest BCUT2D eigenvalue weighted by Crippen LogP contribution is -2.23. The monoisotopic (exact) mass is 274 g/mol. The van der Waals surface area contributed by atoms with Gasteiger partial charge in [-0.25, -0.2) is 0 Å². The third-order valence-corrected chi connectivity index (χ3v) is 4.11. The highest BCUT2D eigenvalue weighted by atomic mass is 16.5. The van der Waals surface area contributed by atoms with Crippen molar-refractivity contribution in [2.24, 2.45) is 5.92 Å². The molecule has 1 aliphatic carbocycles. The Hall–Kier alpha value is -1.64. The number of carbonyl (C=O) groups is 2. The van der Waals surface area contributed by atoms with E-state index in [0.717, 1.165) is 36.8 Å². The molecular formula is C17H22O3. The third kappa shape index (κ3) is 3.69. The van der Waals surface area contributed by atoms with Crippen molar-refractivity contribution in [1.82, 2.24) is 0 Å². The second kappa shape index (κ2) is 6.69. The van der Waals surface area contributed by atoms with Gasteiger partial charge in [0.2, 0.25) is 0 Å². The van der Waals surface area contributed by atoms with Crippen LogP contribution < -0.4 is 0 Å². The van der Waals surface area contributed by atoms with Crippen LogP contribution in [0, 0.1) is 19.8 Å². The minimum absolute atomic E-state index is 0.00342. The van der Waals surface area contributed by atoms with Crippen LogP contribution in [0.25, 0.3) is 0 Å². The lowest BCUT2D eigenvalue weighted by molar-refractivity contribution is -0.148. The summed E-state index contributed by atoms with van der Waals surface area (Å²) < 4.78 is 5.18. The summed E-state index contributed by atoms with van der Waals surface area (Å²) in [5.41, 5.74) is 2.85. The van der Waals surface area contributed by atoms with Gasteiger partial charge in [-0.15, -0.1) is 0 Å². The number of esters is 1. The van der Waals surface area contributed by atoms with Gasteiger partial charge in [0.1, 0.15) is 0 Å². The Kier molecular flexibility index (Phi) is 4.94. The van der Waals surface area contributed by atoms with E-state index >= 15 is 0 Å². The van der Waals surface area contributed by atoms with Gasteiger partial charge < -0.3 is 4.74 Å². The van der Waals surface area contributed by atoms with Crippen LogP contribution in [0.5, 0.6) is 0 Å². The summed E-state index contributed by atoms with van der Waals surface area (Å²) in [5.74, 6) is -0.338. The molecule has 0 N–H and O–H groups in total. The molecule has 1 saturated carbocycles. The average molecular weight is 274 g/mol. The zero-order valence-corrected chi connectivity index (χ0v) is 12.3. The smallest absolute Gasteiger partial charge is 0.309 e. The zero-order valence-electron chi connectivity index (χ0n) is 12.3. The van der Waals surface area contributed by atoms with Gasteiger partial charge in [-0.3, -0.25) is 9.59 Å². The van der Waals surface area contributed by atoms with E-state index in [-0.39, 0.29) is 24.3 Å². The van der Waals surface area contributed by atoms with Crippen molar-refractivity contribution >= 4 is 11.8 Å². The summed E-state index contributed by atoms with van der Waals surface area (Å²) in [6, 6.07) is 5.57. The first-order chi connectivity index (χ1) is 9.58. The molecule has 0 unspecified atom stereocenters. The van der Waals surface area contributed by atoms with Crippen molar-refractivity contribution in [2.75, 3.05) is 6.61 Å². The summed E-state index contributed by atoms with van der Waals surface area (Å²) in [6.07, 6.45) is 5.18. The molecule has 1 aromatic rings. The topological polar surface area (TPSA) is 43.4 Å². The van der Waals surface area contributed by atoms with Gasteiger partial charge in [0, 0.05) is 5.56 Å². The first kappa shape index (κ1) is 14.8. The Labute approximate surface area is 120 Å². The van der Waals surface area contributed by atoms with E-state index in [1.54, 1.807) is 6.07 Å². The maximum Gasteiger partial charge on any atom is 0.309 e. The largest absolute Gasteiger partial charge is 0.457 e. The maximum absolute atomic E-state index is 12.0. The Bertz CT molecular complexity index is 499. The fourth-order valence-corrected chi connectivity index (χ4v) is 2.59. The van der Waals surface area contributed by atoms with Crippen molar-refractivity contribution in [3.63, 3.8) is 0 Å². The molecule has 0 amide bonds. The molecule has 3 heteroatoms. The van der Waals surface area contributed by atoms with Crippen LogP contribution in [0.4, 0.5) is 0 Å². The molecule has 0 spiro atoms. The van der Waals surface area contributed by atoms with Crippen LogP contribution in [-0.2, 0) is 9.53 Å². The summed E-state index contributed by atoms with van der Waals surface area (Å²) in [5, 5.41) is 0. The first-order valence-corrected chi connectivity index (χ1v) is 7.35. The number of benzene rings is 1. The van der Waals surface area contributed by atoms with Crippen LogP contribution in [-0.4, -0.2) is 18.4 Å². The molecular weight excluding hydrogens is 252 g/mol. The van der Waals surface area contributed by atoms with Crippen LogP contribution in [0.15, 0.2) is 18.2 Å². The van der Waals surface area contributed by atoms with Crippen LogP contribution in [0.3, 0.4) is 0 Å². The van der Waals surface area contributed by atoms with Gasteiger partial charge >= 0.3 is 5.97 Å². The molecule has 0 aromatic heterocycles. The van der Waals surface area contributed by atoms with E-state index in [4.69, 9.17) is 4.74 Å². The lowest BCUT2D eigenvalue weighted by atomic mass is 9.89. The van der Waals surface area contributed by atoms with E-state index in [2.05, 4.69) is 0 Å². The number of aryl methyl sites for hydroxylation is 2. The Morgan fingerprint density at radius 1 is 1.10 bits per heavy atom. The molecule has 0 heterocycles. The molecule has 1 aliphatic rings. The lowest BCUT2D eigenvalue weighted by Gasteiger charge is -2.19. The van der Waals surface area contributed by atoms with Gasteiger partial charge in [-0.1, -0.05) is 31.4 Å². The van der Waals surface area contributed by atoms with Crippen molar-refractivity contribution in [3.05, 3.63) is 34.9 Å². The van der Waals surface area contributed by atoms with Gasteiger partial charge in [-0.05, 0) is 43.9 Å². The predicted octanol–water partition coefficient (Wildman–Crippen LogP) is 3.61. The van der Waals surface area contributed by atoms with Gasteiger partial charge in [0.15, 0.2) is 12.4 Å². The van der Waals surface area contributed by atoms with E-state index < -0.39 is 0 Å². The van der Waals surface area contributed by atoms with Crippen molar-refractivity contribution < 1.29 is 14.3 Å². The quantitative estimate of drug-likeness (QED) is 0.622. The minimum Gasteiger partial charge on any atom is -0.457 e. The SMILES string of the molecule is Cc1ccc(C(=O)COC(=O)C2CCCCC2)cc1C. The highest BCUT2D eigenvalue weighted by Gasteiger charge is 2.23. The molecule has 1 fully saturated rings. The van der Waals surface area contributed by atoms with Crippen molar-refractivity contribution in [1.29, 1.82) is 0 Å². The predicted molar refractivity (Wildman–Crippen MR) is 77.8 cm³/mol. The van der Waals surface area contributed by atoms with Gasteiger partial charge in [0.25, 0.3) is 0 Å². The number of rotatable bonds is 4. The second-order valence-corrected chi connectivity index (χ2v) is 5.66. The summed E-state index contributed by atoms with van der Waals surface area (Å²) in [4.78, 5) is 23.9. The number of carbonyl (C=O) groups excluding carboxylic acids is 2. The number of hydrogen-bond acceptors (Lipinski definition) is 3. The summed E-state index contributed by atoms with van der Waals surface area (Å²) in [7, 11) is 0. The number of ketones is 1. The van der Waals surface area contributed by atoms with Gasteiger partial charge in [0.05, 0.1) is 5.92 Å². The summed E-state index contributed by atoms with van der Waals surface area (Å²) in [6.45, 7) is 3.84. The number of ether oxygens (including phenoxy) is 1. The zero-order chi connectivity index (χ0) is 14.5. The Morgan fingerprint density at radius 3 is 2.45 bits per heavy atom. The van der Waals surface area contributed by atoms with E-state index in [1.807, 2.05) is 26.0 Å². The Morgan fingerprint density at radius 2 is 1.80 bits per heavy atom. The van der Waals surface area contributed by atoms with E-state index in [1.165, 1.54) is 6.42 Å². The maximum atomic E-state index is 12.0. The number of Topliss-reactive ketones (excluding diaryl/α,β-unsaturated/α-hetero) is 1. The molecule has 108 valence electrons. The number of hydrogen-bond donors (Lipinski definition) is 0. The molecule has 0 bridgehead atoms. The molecule has 0 radical (unpaired) electrons. The molecule has 3 nitrogen and oxygen atoms in total. The van der Waals surface area contributed by atoms with Crippen LogP contribution in [0.1, 0.15) is 53.6 Å². The summed E-state index contributed by atoms with van der Waals surface area (Å²) >= 11 is 0. The highest BCUT2D eigenvalue weighted by molar-refractivity contribution is 5.98. The average Bonchev–Trinajstić information content (AvgIpc) is 2.48. The molecule has 0 aliphatic heterocycles. The molecule has 2 rings (SSSR count). The minimum atomic E-state index is -0.207. The molecule has 1 aromatic carbocycles. The molecule has 20 heavy (non-hydrogen) atoms. The second-order valence-electron chi connectivity index (χ2n) is 5.66. The standard InChI is InChI=1S/C17H22O3/c1-12-8-9-15(10-13(12)2)16(18)11-20-17(19)14-6-4-3-5-7-14/h8-10,14H,3-7,11H2,1-2H3. The van der Waals surface area contributed by atoms with Crippen molar-refractivity contribution in [3.8, 4) is 0 Å². The Balaban J connectivity index is 1.88. The molecule has 0 saturated heterocycles. The fourth-order valence-electron chi connectivity index (χ4n) is 2.59.